The summed E-state index contributed by atoms with van der Waals surface area (Å²) in [6.07, 6.45) is 7.28. The molecule has 8 nitrogen and oxygen atoms in total. The Kier molecular flexibility index (Phi) is 9.90. The number of ether oxygens (including phenoxy) is 2. The summed E-state index contributed by atoms with van der Waals surface area (Å²) in [6, 6.07) is 4.93. The lowest BCUT2D eigenvalue weighted by Gasteiger charge is -2.39. The van der Waals surface area contributed by atoms with Gasteiger partial charge in [0.25, 0.3) is 0 Å². The minimum Gasteiger partial charge on any atom is -0.490 e. The van der Waals surface area contributed by atoms with Crippen LogP contribution in [0.15, 0.2) is 18.2 Å². The lowest BCUT2D eigenvalue weighted by molar-refractivity contribution is -0.108. The summed E-state index contributed by atoms with van der Waals surface area (Å²) < 4.78 is 25.6. The number of urea groups is 1. The predicted molar refractivity (Wildman–Crippen MR) is 123 cm³/mol. The number of nitrogens with one attached hydrogen (secondary N) is 3. The van der Waals surface area contributed by atoms with E-state index in [2.05, 4.69) is 16.2 Å². The Morgan fingerprint density at radius 1 is 1.27 bits per heavy atom. The first kappa shape index (κ1) is 25.4. The van der Waals surface area contributed by atoms with E-state index < -0.39 is 0 Å². The largest absolute Gasteiger partial charge is 0.490 e. The molecule has 2 fully saturated rings. The first-order valence-electron chi connectivity index (χ1n) is 12.0. The van der Waals surface area contributed by atoms with Crippen LogP contribution in [-0.4, -0.2) is 63.7 Å². The number of unbranched alkanes of at least 4 members (excludes halogenated alkanes) is 2. The molecule has 184 valence electrons. The Balaban J connectivity index is 1.48. The summed E-state index contributed by atoms with van der Waals surface area (Å²) in [6.45, 7) is 3.25. The van der Waals surface area contributed by atoms with Gasteiger partial charge in [-0.1, -0.05) is 12.5 Å². The highest BCUT2D eigenvalue weighted by Crippen LogP contribution is 2.35. The van der Waals surface area contributed by atoms with Gasteiger partial charge >= 0.3 is 6.03 Å². The second-order valence-electron chi connectivity index (χ2n) is 8.87. The third kappa shape index (κ3) is 7.65. The molecule has 0 unspecified atom stereocenters. The number of aldehydes is 1. The molecule has 1 aliphatic heterocycles. The number of hydrogen-bond donors (Lipinski definition) is 3. The van der Waals surface area contributed by atoms with Crippen LogP contribution in [-0.2, 0) is 15.1 Å². The van der Waals surface area contributed by atoms with Crippen molar-refractivity contribution in [3.05, 3.63) is 29.6 Å². The molecule has 2 amide bonds. The van der Waals surface area contributed by atoms with E-state index in [0.29, 0.717) is 38.0 Å². The molecule has 9 heteroatoms. The maximum Gasteiger partial charge on any atom is 0.317 e. The number of hydrazine groups is 1. The first-order chi connectivity index (χ1) is 16.1. The summed E-state index contributed by atoms with van der Waals surface area (Å²) in [7, 11) is 1.56. The number of benzene rings is 1. The fraction of sp³-hybridized carbons (Fsp3) is 0.667. The van der Waals surface area contributed by atoms with E-state index in [0.717, 1.165) is 63.3 Å². The molecule has 0 atom stereocenters. The predicted octanol–water partition coefficient (Wildman–Crippen LogP) is 2.73. The van der Waals surface area contributed by atoms with Gasteiger partial charge in [-0.2, -0.15) is 0 Å². The molecule has 0 bridgehead atoms. The van der Waals surface area contributed by atoms with Gasteiger partial charge in [0.2, 0.25) is 0 Å². The highest BCUT2D eigenvalue weighted by Gasteiger charge is 2.35. The van der Waals surface area contributed by atoms with Crippen LogP contribution in [0.1, 0.15) is 50.5 Å². The van der Waals surface area contributed by atoms with Crippen molar-refractivity contribution in [3.8, 4) is 5.75 Å². The van der Waals surface area contributed by atoms with Crippen molar-refractivity contribution in [2.75, 3.05) is 46.5 Å². The van der Waals surface area contributed by atoms with Gasteiger partial charge in [0, 0.05) is 33.4 Å². The molecular weight excluding hydrogens is 427 g/mol. The lowest BCUT2D eigenvalue weighted by atomic mass is 9.83. The van der Waals surface area contributed by atoms with Gasteiger partial charge in [0.15, 0.2) is 11.6 Å². The smallest absolute Gasteiger partial charge is 0.317 e. The van der Waals surface area contributed by atoms with Crippen LogP contribution >= 0.6 is 0 Å². The number of nitrogens with zero attached hydrogens (tertiary/aromatic N) is 1. The summed E-state index contributed by atoms with van der Waals surface area (Å²) in [5.74, 6) is 0.560. The van der Waals surface area contributed by atoms with Crippen LogP contribution in [0.4, 0.5) is 9.18 Å². The van der Waals surface area contributed by atoms with Crippen molar-refractivity contribution in [2.45, 2.75) is 50.5 Å². The van der Waals surface area contributed by atoms with Gasteiger partial charge in [-0.25, -0.2) is 14.6 Å². The van der Waals surface area contributed by atoms with Gasteiger partial charge in [-0.05, 0) is 62.1 Å². The summed E-state index contributed by atoms with van der Waals surface area (Å²) >= 11 is 0. The van der Waals surface area contributed by atoms with Crippen molar-refractivity contribution in [1.82, 2.24) is 21.1 Å². The average molecular weight is 465 g/mol. The maximum atomic E-state index is 14.3. The number of rotatable bonds is 14. The number of carbonyl (C=O) groups excluding carboxylic acids is 2. The van der Waals surface area contributed by atoms with Gasteiger partial charge in [0.1, 0.15) is 6.29 Å². The highest BCUT2D eigenvalue weighted by atomic mass is 19.1. The molecule has 1 saturated carbocycles. The second-order valence-corrected chi connectivity index (χ2v) is 8.87. The summed E-state index contributed by atoms with van der Waals surface area (Å²) in [4.78, 5) is 24.0. The van der Waals surface area contributed by atoms with Crippen molar-refractivity contribution in [3.63, 3.8) is 0 Å². The molecule has 1 aliphatic carbocycles. The molecule has 1 aromatic carbocycles. The highest BCUT2D eigenvalue weighted by molar-refractivity contribution is 5.76. The lowest BCUT2D eigenvalue weighted by Crippen LogP contribution is -2.53. The molecule has 1 saturated heterocycles. The van der Waals surface area contributed by atoms with E-state index in [1.165, 1.54) is 11.0 Å². The van der Waals surface area contributed by atoms with Crippen LogP contribution in [0, 0.1) is 11.7 Å². The first-order valence-corrected chi connectivity index (χ1v) is 12.0. The van der Waals surface area contributed by atoms with E-state index in [4.69, 9.17) is 9.47 Å². The van der Waals surface area contributed by atoms with Crippen molar-refractivity contribution in [2.24, 2.45) is 5.92 Å². The molecule has 3 rings (SSSR count). The van der Waals surface area contributed by atoms with Crippen LogP contribution in [0.3, 0.4) is 0 Å². The fourth-order valence-electron chi connectivity index (χ4n) is 4.06. The van der Waals surface area contributed by atoms with E-state index in [1.807, 2.05) is 12.1 Å². The number of carbonyl (C=O) groups is 2. The minimum atomic E-state index is -0.344. The Morgan fingerprint density at radius 3 is 2.76 bits per heavy atom. The molecule has 33 heavy (non-hydrogen) atoms. The molecular formula is C24H37FN4O4. The van der Waals surface area contributed by atoms with E-state index in [-0.39, 0.29) is 23.9 Å². The molecule has 0 radical (unpaired) electrons. The summed E-state index contributed by atoms with van der Waals surface area (Å²) in [5.41, 5.74) is 7.50. The van der Waals surface area contributed by atoms with Gasteiger partial charge in [-0.3, -0.25) is 5.43 Å². The van der Waals surface area contributed by atoms with Crippen LogP contribution < -0.4 is 20.9 Å². The number of halogens is 1. The minimum absolute atomic E-state index is 0.105. The topological polar surface area (TPSA) is 91.9 Å². The summed E-state index contributed by atoms with van der Waals surface area (Å²) in [5, 5.41) is 2.55. The van der Waals surface area contributed by atoms with Crippen LogP contribution in [0.5, 0.6) is 5.75 Å². The van der Waals surface area contributed by atoms with E-state index >= 15 is 0 Å². The Hall–Kier alpha value is -2.23. The molecule has 3 N–H and O–H groups in total. The molecule has 0 aromatic heterocycles. The van der Waals surface area contributed by atoms with E-state index in [9.17, 15) is 14.0 Å². The van der Waals surface area contributed by atoms with Crippen molar-refractivity contribution >= 4 is 12.3 Å². The van der Waals surface area contributed by atoms with Crippen LogP contribution in [0.25, 0.3) is 0 Å². The fourth-order valence-corrected chi connectivity index (χ4v) is 4.06. The van der Waals surface area contributed by atoms with Gasteiger partial charge in [-0.15, -0.1) is 0 Å². The van der Waals surface area contributed by atoms with Crippen molar-refractivity contribution in [1.29, 1.82) is 0 Å². The Labute approximate surface area is 195 Å². The molecule has 1 heterocycles. The zero-order valence-electron chi connectivity index (χ0n) is 19.5. The molecule has 0 spiro atoms. The second kappa shape index (κ2) is 12.9. The third-order valence-electron chi connectivity index (χ3n) is 6.36. The van der Waals surface area contributed by atoms with Crippen molar-refractivity contribution < 1.29 is 23.5 Å². The monoisotopic (exact) mass is 464 g/mol. The molecule has 1 aromatic rings. The Morgan fingerprint density at radius 2 is 2.06 bits per heavy atom. The quantitative estimate of drug-likeness (QED) is 0.223. The van der Waals surface area contributed by atoms with Crippen LogP contribution in [0.2, 0.25) is 0 Å². The average Bonchev–Trinajstić information content (AvgIpc) is 3.67. The molecule has 2 aliphatic rings. The normalized spacial score (nSPS) is 17.4. The Bertz CT molecular complexity index is 769. The van der Waals surface area contributed by atoms with Gasteiger partial charge < -0.3 is 24.5 Å². The zero-order chi connectivity index (χ0) is 23.5. The zero-order valence-corrected chi connectivity index (χ0v) is 19.5. The number of amides is 2. The van der Waals surface area contributed by atoms with Gasteiger partial charge in [0.05, 0.1) is 18.7 Å². The third-order valence-corrected chi connectivity index (χ3v) is 6.36. The maximum absolute atomic E-state index is 14.3. The SMILES string of the molecule is CNC(=O)N(CC=O)CCCCCNNC1(c2ccc(F)c(OCC3CC3)c2)CCOCC1. The number of hydrogen-bond acceptors (Lipinski definition) is 6. The standard InChI is InChI=1S/C24H37FN4O4/c1-26-23(31)29(13-14-30)12-4-2-3-11-27-28-24(9-15-32-16-10-24)20-7-8-21(25)22(17-20)33-18-19-5-6-19/h7-8,14,17,19,27-28H,2-6,9-13,15-16,18H2,1H3,(H,26,31). The van der Waals surface area contributed by atoms with E-state index in [1.54, 1.807) is 7.05 Å².